The van der Waals surface area contributed by atoms with E-state index in [-0.39, 0.29) is 0 Å². The van der Waals surface area contributed by atoms with Gasteiger partial charge in [-0.1, -0.05) is 78.9 Å². The Balaban J connectivity index is 1.78. The van der Waals surface area contributed by atoms with Crippen LogP contribution in [0.4, 0.5) is 0 Å². The average Bonchev–Trinajstić information content (AvgIpc) is 2.81. The smallest absolute Gasteiger partial charge is 0.333 e. The number of rotatable bonds is 5. The van der Waals surface area contributed by atoms with Crippen molar-refractivity contribution in [3.63, 3.8) is 0 Å². The lowest BCUT2D eigenvalue weighted by Crippen LogP contribution is -2.08. The number of carbonyl (C=O) groups excluding carboxylic acids is 1. The maximum Gasteiger partial charge on any atom is 0.333 e. The topological polar surface area (TPSA) is 46.5 Å². The number of aliphatic hydroxyl groups excluding tert-OH is 1. The van der Waals surface area contributed by atoms with Crippen LogP contribution >= 0.6 is 0 Å². The zero-order chi connectivity index (χ0) is 14.9. The van der Waals surface area contributed by atoms with Crippen LogP contribution in [-0.4, -0.2) is 17.4 Å². The number of esters is 1. The minimum absolute atomic E-state index is 0.456. The first kappa shape index (κ1) is 14.8. The molecule has 1 heterocycles. The van der Waals surface area contributed by atoms with Gasteiger partial charge in [0.25, 0.3) is 0 Å². The van der Waals surface area contributed by atoms with Gasteiger partial charge < -0.3 is 9.84 Å². The highest BCUT2D eigenvalue weighted by atomic mass is 16.6. The molecule has 1 aromatic rings. The van der Waals surface area contributed by atoms with Crippen LogP contribution in [0.5, 0.6) is 0 Å². The minimum Gasteiger partial charge on any atom is -0.428 e. The molecule has 1 aliphatic rings. The second-order valence-corrected chi connectivity index (χ2v) is 4.33. The zero-order valence-corrected chi connectivity index (χ0v) is 11.4. The summed E-state index contributed by atoms with van der Waals surface area (Å²) in [7, 11) is 0. The molecule has 3 nitrogen and oxygen atoms in total. The van der Waals surface area contributed by atoms with Crippen molar-refractivity contribution in [2.45, 2.75) is 6.29 Å². The normalized spacial score (nSPS) is 19.2. The van der Waals surface area contributed by atoms with Crippen molar-refractivity contribution in [3.8, 4) is 0 Å². The van der Waals surface area contributed by atoms with Gasteiger partial charge in [-0.05, 0) is 5.56 Å². The number of ether oxygens (including phenoxy) is 1. The Hall–Kier alpha value is -2.65. The highest BCUT2D eigenvalue weighted by Crippen LogP contribution is 2.13. The predicted molar refractivity (Wildman–Crippen MR) is 83.1 cm³/mol. The highest BCUT2D eigenvalue weighted by Gasteiger charge is 2.20. The predicted octanol–water partition coefficient (Wildman–Crippen LogP) is 3.17. The molecule has 1 N–H and O–H groups in total. The highest BCUT2D eigenvalue weighted by molar-refractivity contribution is 5.86. The summed E-state index contributed by atoms with van der Waals surface area (Å²) in [6, 6.07) is 10.0. The summed E-state index contributed by atoms with van der Waals surface area (Å²) in [4.78, 5) is 10.9. The van der Waals surface area contributed by atoms with Gasteiger partial charge in [0, 0.05) is 11.6 Å². The molecule has 0 saturated carbocycles. The van der Waals surface area contributed by atoms with Crippen molar-refractivity contribution >= 4 is 12.0 Å². The Kier molecular flexibility index (Phi) is 5.50. The molecular weight excluding hydrogens is 264 g/mol. The van der Waals surface area contributed by atoms with E-state index in [4.69, 9.17) is 0 Å². The lowest BCUT2D eigenvalue weighted by atomic mass is 10.2. The first-order chi connectivity index (χ1) is 10.3. The van der Waals surface area contributed by atoms with E-state index in [2.05, 4.69) is 4.74 Å². The van der Waals surface area contributed by atoms with Gasteiger partial charge >= 0.3 is 5.97 Å². The molecule has 3 heteroatoms. The van der Waals surface area contributed by atoms with Crippen molar-refractivity contribution in [3.05, 3.63) is 90.1 Å². The Morgan fingerprint density at radius 1 is 0.905 bits per heavy atom. The number of hydrogen-bond donors (Lipinski definition) is 1. The van der Waals surface area contributed by atoms with Crippen molar-refractivity contribution < 1.29 is 14.6 Å². The van der Waals surface area contributed by atoms with Crippen LogP contribution in [0.15, 0.2) is 84.5 Å². The van der Waals surface area contributed by atoms with Crippen molar-refractivity contribution in [2.75, 3.05) is 0 Å². The van der Waals surface area contributed by atoms with Crippen LogP contribution in [0.25, 0.3) is 6.08 Å². The summed E-state index contributed by atoms with van der Waals surface area (Å²) < 4.78 is 4.55. The third-order valence-electron chi connectivity index (χ3n) is 2.73. The molecule has 21 heavy (non-hydrogen) atoms. The van der Waals surface area contributed by atoms with Crippen LogP contribution in [0.1, 0.15) is 5.56 Å². The molecule has 1 aliphatic heterocycles. The van der Waals surface area contributed by atoms with Crippen molar-refractivity contribution in [2.24, 2.45) is 0 Å². The third-order valence-corrected chi connectivity index (χ3v) is 2.73. The molecule has 0 amide bonds. The van der Waals surface area contributed by atoms with E-state index in [0.29, 0.717) is 5.57 Å². The van der Waals surface area contributed by atoms with E-state index in [1.807, 2.05) is 66.8 Å². The molecule has 1 unspecified atom stereocenters. The lowest BCUT2D eigenvalue weighted by molar-refractivity contribution is -0.150. The number of aliphatic hydroxyl groups is 1. The Morgan fingerprint density at radius 3 is 2.14 bits per heavy atom. The summed E-state index contributed by atoms with van der Waals surface area (Å²) in [6.07, 6.45) is 15.0. The van der Waals surface area contributed by atoms with Gasteiger partial charge in [-0.3, -0.25) is 0 Å². The average molecular weight is 280 g/mol. The van der Waals surface area contributed by atoms with Crippen molar-refractivity contribution in [1.29, 1.82) is 0 Å². The van der Waals surface area contributed by atoms with E-state index < -0.39 is 12.3 Å². The van der Waals surface area contributed by atoms with Crippen LogP contribution in [-0.2, 0) is 9.53 Å². The molecule has 0 saturated heterocycles. The van der Waals surface area contributed by atoms with Crippen LogP contribution in [0, 0.1) is 0 Å². The monoisotopic (exact) mass is 280 g/mol. The maximum absolute atomic E-state index is 10.9. The number of benzene rings is 1. The Bertz CT molecular complexity index is 619. The van der Waals surface area contributed by atoms with Crippen LogP contribution in [0.3, 0.4) is 0 Å². The van der Waals surface area contributed by atoms with E-state index in [1.165, 1.54) is 6.08 Å². The van der Waals surface area contributed by atoms with Gasteiger partial charge in [0.2, 0.25) is 6.29 Å². The van der Waals surface area contributed by atoms with E-state index in [0.717, 1.165) is 5.56 Å². The van der Waals surface area contributed by atoms with E-state index in [1.54, 1.807) is 12.2 Å². The maximum atomic E-state index is 10.9. The van der Waals surface area contributed by atoms with Gasteiger partial charge in [0.15, 0.2) is 0 Å². The summed E-state index contributed by atoms with van der Waals surface area (Å²) in [6.45, 7) is 0. The number of allylic oxidation sites excluding steroid dienone is 6. The molecule has 2 rings (SSSR count). The number of carbonyl (C=O) groups is 1. The quantitative estimate of drug-likeness (QED) is 0.665. The lowest BCUT2D eigenvalue weighted by Gasteiger charge is -2.01. The molecule has 0 bridgehead atoms. The van der Waals surface area contributed by atoms with Gasteiger partial charge in [-0.15, -0.1) is 0 Å². The molecule has 0 radical (unpaired) electrons. The molecule has 1 atom stereocenters. The number of cyclic esters (lactones) is 1. The molecule has 0 aromatic heterocycles. The third kappa shape index (κ3) is 5.09. The second kappa shape index (κ2) is 7.82. The summed E-state index contributed by atoms with van der Waals surface area (Å²) in [5.74, 6) is -0.517. The SMILES string of the molecule is O=C1C=C(\C=C/C=C\C=C/C=C\c2ccccc2)C(O)O1. The van der Waals surface area contributed by atoms with E-state index >= 15 is 0 Å². The fourth-order valence-corrected chi connectivity index (χ4v) is 1.70. The van der Waals surface area contributed by atoms with Gasteiger partial charge in [-0.2, -0.15) is 0 Å². The first-order valence-electron chi connectivity index (χ1n) is 6.59. The van der Waals surface area contributed by atoms with Gasteiger partial charge in [0.1, 0.15) is 0 Å². The molecule has 106 valence electrons. The Labute approximate surface area is 123 Å². The zero-order valence-electron chi connectivity index (χ0n) is 11.4. The molecule has 0 spiro atoms. The summed E-state index contributed by atoms with van der Waals surface area (Å²) >= 11 is 0. The fraction of sp³-hybridized carbons (Fsp3) is 0.0556. The molecule has 0 aliphatic carbocycles. The summed E-state index contributed by atoms with van der Waals surface area (Å²) in [5.41, 5.74) is 1.61. The standard InChI is InChI=1S/C18H16O3/c19-17-14-16(18(20)21-17)13-9-4-2-1-3-6-10-15-11-7-5-8-12-15/h1-14,18,20H/b3-1-,4-2-,10-6-,13-9-. The van der Waals surface area contributed by atoms with E-state index in [9.17, 15) is 9.90 Å². The second-order valence-electron chi connectivity index (χ2n) is 4.33. The summed E-state index contributed by atoms with van der Waals surface area (Å²) in [5, 5.41) is 9.33. The largest absolute Gasteiger partial charge is 0.428 e. The van der Waals surface area contributed by atoms with Gasteiger partial charge in [-0.25, -0.2) is 4.79 Å². The first-order valence-corrected chi connectivity index (χ1v) is 6.59. The van der Waals surface area contributed by atoms with Crippen LogP contribution in [0.2, 0.25) is 0 Å². The fourth-order valence-electron chi connectivity index (χ4n) is 1.70. The van der Waals surface area contributed by atoms with Crippen LogP contribution < -0.4 is 0 Å². The Morgan fingerprint density at radius 2 is 1.52 bits per heavy atom. The molecule has 1 aromatic carbocycles. The minimum atomic E-state index is -1.15. The molecular formula is C18H16O3. The number of hydrogen-bond acceptors (Lipinski definition) is 3. The van der Waals surface area contributed by atoms with Gasteiger partial charge in [0.05, 0.1) is 0 Å². The van der Waals surface area contributed by atoms with Crippen molar-refractivity contribution in [1.82, 2.24) is 0 Å². The molecule has 0 fully saturated rings.